The van der Waals surface area contributed by atoms with Crippen LogP contribution in [0.1, 0.15) is 11.3 Å². The number of nitrogens with zero attached hydrogens (tertiary/aromatic N) is 1. The number of pyridine rings is 1. The molecule has 1 aliphatic heterocycles. The second-order valence-corrected chi connectivity index (χ2v) is 6.21. The Morgan fingerprint density at radius 3 is 2.60 bits per heavy atom. The van der Waals surface area contributed by atoms with Crippen molar-refractivity contribution in [2.45, 2.75) is 12.8 Å². The Balaban J connectivity index is 1.74. The molecule has 0 unspecified atom stereocenters. The number of aryl methyl sites for hydroxylation is 1. The zero-order valence-electron chi connectivity index (χ0n) is 14.1. The fourth-order valence-corrected chi connectivity index (χ4v) is 3.74. The highest BCUT2D eigenvalue weighted by Crippen LogP contribution is 2.45. The van der Waals surface area contributed by atoms with E-state index in [9.17, 15) is 0 Å². The van der Waals surface area contributed by atoms with Gasteiger partial charge in [0.15, 0.2) is 23.0 Å². The molecule has 25 heavy (non-hydrogen) atoms. The molecule has 0 bridgehead atoms. The highest BCUT2D eigenvalue weighted by atomic mass is 16.7. The Kier molecular flexibility index (Phi) is 3.04. The van der Waals surface area contributed by atoms with Crippen molar-refractivity contribution in [3.8, 4) is 34.1 Å². The van der Waals surface area contributed by atoms with E-state index in [2.05, 4.69) is 12.1 Å². The molecule has 0 N–H and O–H groups in total. The number of hydrogen-bond acceptors (Lipinski definition) is 5. The Labute approximate surface area is 145 Å². The zero-order chi connectivity index (χ0) is 17.0. The number of aromatic nitrogens is 1. The van der Waals surface area contributed by atoms with Gasteiger partial charge in [-0.1, -0.05) is 6.07 Å². The SMILES string of the molecule is COc1cc2cc3c(nc2cc1OC)CCc1c-3ccc2c1OCO2. The lowest BCUT2D eigenvalue weighted by atomic mass is 9.87. The average molecular weight is 335 g/mol. The summed E-state index contributed by atoms with van der Waals surface area (Å²) < 4.78 is 22.0. The number of ether oxygens (including phenoxy) is 4. The van der Waals surface area contributed by atoms with E-state index >= 15 is 0 Å². The first-order valence-corrected chi connectivity index (χ1v) is 8.26. The summed E-state index contributed by atoms with van der Waals surface area (Å²) in [5, 5.41) is 1.03. The molecule has 2 aromatic carbocycles. The summed E-state index contributed by atoms with van der Waals surface area (Å²) in [4.78, 5) is 4.88. The van der Waals surface area contributed by atoms with E-state index in [0.717, 1.165) is 46.5 Å². The van der Waals surface area contributed by atoms with E-state index in [1.165, 1.54) is 11.1 Å². The molecule has 126 valence electrons. The second-order valence-electron chi connectivity index (χ2n) is 6.21. The molecule has 5 heteroatoms. The molecule has 2 heterocycles. The van der Waals surface area contributed by atoms with Crippen molar-refractivity contribution >= 4 is 10.9 Å². The Bertz CT molecular complexity index is 1010. The van der Waals surface area contributed by atoms with Gasteiger partial charge in [0.2, 0.25) is 6.79 Å². The van der Waals surface area contributed by atoms with Gasteiger partial charge in [0.05, 0.1) is 19.7 Å². The normalized spacial score (nSPS) is 14.2. The maximum absolute atomic E-state index is 5.69. The van der Waals surface area contributed by atoms with Crippen LogP contribution in [0, 0.1) is 0 Å². The van der Waals surface area contributed by atoms with Crippen molar-refractivity contribution in [3.05, 3.63) is 41.6 Å². The number of methoxy groups -OCH3 is 2. The van der Waals surface area contributed by atoms with Crippen LogP contribution in [0.3, 0.4) is 0 Å². The van der Waals surface area contributed by atoms with E-state index in [1.54, 1.807) is 14.2 Å². The highest BCUT2D eigenvalue weighted by Gasteiger charge is 2.26. The summed E-state index contributed by atoms with van der Waals surface area (Å²) in [7, 11) is 3.28. The Hall–Kier alpha value is -2.95. The quantitative estimate of drug-likeness (QED) is 0.714. The number of hydrogen-bond donors (Lipinski definition) is 0. The molecule has 0 fully saturated rings. The van der Waals surface area contributed by atoms with Gasteiger partial charge in [-0.2, -0.15) is 0 Å². The number of rotatable bonds is 2. The predicted octanol–water partition coefficient (Wildman–Crippen LogP) is 3.75. The molecule has 0 saturated heterocycles. The van der Waals surface area contributed by atoms with E-state index in [4.69, 9.17) is 23.9 Å². The summed E-state index contributed by atoms with van der Waals surface area (Å²) in [6, 6.07) is 10.2. The summed E-state index contributed by atoms with van der Waals surface area (Å²) in [5.41, 5.74) is 5.56. The molecular formula is C20H17NO4. The first-order chi connectivity index (χ1) is 12.3. The molecule has 5 nitrogen and oxygen atoms in total. The summed E-state index contributed by atoms with van der Waals surface area (Å²) in [6.07, 6.45) is 1.78. The molecule has 0 radical (unpaired) electrons. The zero-order valence-corrected chi connectivity index (χ0v) is 14.1. The minimum atomic E-state index is 0.297. The van der Waals surface area contributed by atoms with Crippen LogP contribution in [0.2, 0.25) is 0 Å². The van der Waals surface area contributed by atoms with Crippen LogP contribution in [-0.4, -0.2) is 26.0 Å². The standard InChI is InChI=1S/C20H17NO4/c1-22-18-8-11-7-14-12-4-6-17-20(25-10-24-17)13(12)3-5-15(14)21-16(11)9-19(18)23-2/h4,6-9H,3,5,10H2,1-2H3. The van der Waals surface area contributed by atoms with Crippen LogP contribution in [0.4, 0.5) is 0 Å². The molecule has 2 aliphatic rings. The molecule has 0 spiro atoms. The first kappa shape index (κ1) is 14.4. The third-order valence-corrected chi connectivity index (χ3v) is 4.94. The van der Waals surface area contributed by atoms with Crippen LogP contribution in [0.5, 0.6) is 23.0 Å². The number of fused-ring (bicyclic) bond motifs is 6. The molecular weight excluding hydrogens is 318 g/mol. The van der Waals surface area contributed by atoms with Crippen molar-refractivity contribution in [3.63, 3.8) is 0 Å². The van der Waals surface area contributed by atoms with Gasteiger partial charge >= 0.3 is 0 Å². The Morgan fingerprint density at radius 1 is 0.920 bits per heavy atom. The lowest BCUT2D eigenvalue weighted by Crippen LogP contribution is -2.07. The topological polar surface area (TPSA) is 49.8 Å². The highest BCUT2D eigenvalue weighted by molar-refractivity contribution is 5.89. The molecule has 3 aromatic rings. The minimum absolute atomic E-state index is 0.297. The summed E-state index contributed by atoms with van der Waals surface area (Å²) in [6.45, 7) is 0.297. The van der Waals surface area contributed by atoms with Gasteiger partial charge in [-0.3, -0.25) is 4.98 Å². The molecule has 0 atom stereocenters. The van der Waals surface area contributed by atoms with Crippen LogP contribution >= 0.6 is 0 Å². The van der Waals surface area contributed by atoms with Gasteiger partial charge in [0.1, 0.15) is 0 Å². The largest absolute Gasteiger partial charge is 0.493 e. The van der Waals surface area contributed by atoms with E-state index in [0.29, 0.717) is 18.3 Å². The van der Waals surface area contributed by atoms with Crippen LogP contribution < -0.4 is 18.9 Å². The van der Waals surface area contributed by atoms with Crippen LogP contribution in [-0.2, 0) is 12.8 Å². The summed E-state index contributed by atoms with van der Waals surface area (Å²) >= 11 is 0. The second kappa shape index (κ2) is 5.28. The third-order valence-electron chi connectivity index (χ3n) is 4.94. The van der Waals surface area contributed by atoms with Gasteiger partial charge in [-0.25, -0.2) is 0 Å². The van der Waals surface area contributed by atoms with Gasteiger partial charge in [0, 0.05) is 28.3 Å². The van der Waals surface area contributed by atoms with Crippen molar-refractivity contribution in [2.24, 2.45) is 0 Å². The number of benzene rings is 2. The lowest BCUT2D eigenvalue weighted by Gasteiger charge is -2.21. The maximum Gasteiger partial charge on any atom is 0.231 e. The molecule has 1 aliphatic carbocycles. The molecule has 5 rings (SSSR count). The summed E-state index contributed by atoms with van der Waals surface area (Å²) in [5.74, 6) is 3.12. The van der Waals surface area contributed by atoms with Crippen LogP contribution in [0.15, 0.2) is 30.3 Å². The van der Waals surface area contributed by atoms with Crippen molar-refractivity contribution < 1.29 is 18.9 Å². The smallest absolute Gasteiger partial charge is 0.231 e. The van der Waals surface area contributed by atoms with Crippen LogP contribution in [0.25, 0.3) is 22.0 Å². The van der Waals surface area contributed by atoms with Crippen molar-refractivity contribution in [2.75, 3.05) is 21.0 Å². The molecule has 0 saturated carbocycles. The van der Waals surface area contributed by atoms with Crippen molar-refractivity contribution in [1.29, 1.82) is 0 Å². The van der Waals surface area contributed by atoms with Gasteiger partial charge in [0.25, 0.3) is 0 Å². The third kappa shape index (κ3) is 2.05. The fourth-order valence-electron chi connectivity index (χ4n) is 3.74. The monoisotopic (exact) mass is 335 g/mol. The van der Waals surface area contributed by atoms with Gasteiger partial charge in [-0.15, -0.1) is 0 Å². The molecule has 1 aromatic heterocycles. The Morgan fingerprint density at radius 2 is 1.76 bits per heavy atom. The molecule has 0 amide bonds. The van der Waals surface area contributed by atoms with E-state index < -0.39 is 0 Å². The predicted molar refractivity (Wildman–Crippen MR) is 93.8 cm³/mol. The van der Waals surface area contributed by atoms with Gasteiger partial charge < -0.3 is 18.9 Å². The fraction of sp³-hybridized carbons (Fsp3) is 0.250. The van der Waals surface area contributed by atoms with E-state index in [-0.39, 0.29) is 0 Å². The lowest BCUT2D eigenvalue weighted by molar-refractivity contribution is 0.173. The maximum atomic E-state index is 5.69. The average Bonchev–Trinajstić information content (AvgIpc) is 3.14. The van der Waals surface area contributed by atoms with Gasteiger partial charge in [-0.05, 0) is 36.6 Å². The van der Waals surface area contributed by atoms with Crippen molar-refractivity contribution in [1.82, 2.24) is 4.98 Å². The van der Waals surface area contributed by atoms with E-state index in [1.807, 2.05) is 18.2 Å². The first-order valence-electron chi connectivity index (χ1n) is 8.26. The minimum Gasteiger partial charge on any atom is -0.493 e.